The molecule has 6 bridgehead atoms. The first-order chi connectivity index (χ1) is 18.6. The fourth-order valence-corrected chi connectivity index (χ4v) is 5.56. The van der Waals surface area contributed by atoms with Crippen LogP contribution in [0.15, 0.2) is 88.9 Å². The van der Waals surface area contributed by atoms with Gasteiger partial charge in [0.15, 0.2) is 5.78 Å². The van der Waals surface area contributed by atoms with Crippen LogP contribution in [-0.4, -0.2) is 36.4 Å². The van der Waals surface area contributed by atoms with E-state index in [1.807, 2.05) is 60.7 Å². The number of aryl methyl sites for hydroxylation is 2. The molecule has 0 spiro atoms. The number of carbonyl (C=O) groups is 2. The summed E-state index contributed by atoms with van der Waals surface area (Å²) in [5, 5.41) is 3.12. The maximum Gasteiger partial charge on any atom is 0.256 e. The maximum absolute atomic E-state index is 13.3. The molecule has 0 aromatic heterocycles. The molecule has 6 heteroatoms. The van der Waals surface area contributed by atoms with E-state index in [1.165, 1.54) is 0 Å². The third kappa shape index (κ3) is 4.82. The predicted molar refractivity (Wildman–Crippen MR) is 149 cm³/mol. The monoisotopic (exact) mass is 503 g/mol. The Bertz CT molecular complexity index is 1520. The van der Waals surface area contributed by atoms with E-state index < -0.39 is 0 Å². The highest BCUT2D eigenvalue weighted by molar-refractivity contribution is 6.13. The lowest BCUT2D eigenvalue weighted by molar-refractivity contribution is -0.114. The van der Waals surface area contributed by atoms with Crippen molar-refractivity contribution in [2.24, 2.45) is 9.98 Å². The summed E-state index contributed by atoms with van der Waals surface area (Å²) >= 11 is 0. The highest BCUT2D eigenvalue weighted by Crippen LogP contribution is 2.38. The van der Waals surface area contributed by atoms with Crippen molar-refractivity contribution in [1.82, 2.24) is 5.32 Å². The number of carbonyl (C=O) groups excluding carboxylic acids is 2. The van der Waals surface area contributed by atoms with Crippen molar-refractivity contribution in [3.8, 4) is 5.75 Å². The smallest absolute Gasteiger partial charge is 0.256 e. The van der Waals surface area contributed by atoms with E-state index >= 15 is 0 Å². The van der Waals surface area contributed by atoms with Gasteiger partial charge in [0.2, 0.25) is 0 Å². The number of ketones is 1. The Morgan fingerprint density at radius 2 is 1.79 bits per heavy atom. The van der Waals surface area contributed by atoms with Crippen molar-refractivity contribution < 1.29 is 14.3 Å². The molecule has 190 valence electrons. The van der Waals surface area contributed by atoms with E-state index in [4.69, 9.17) is 14.7 Å². The number of fused-ring (bicyclic) bond motifs is 9. The SMILES string of the molecule is COc1ccc2cc1CCC1C(=Nc3ccccc31)NC(=O)c1cccc(c1)CCC1CC(=O)C=CC2=N1. The number of allylic oxidation sites excluding steroid dienone is 2. The molecule has 3 aromatic rings. The molecule has 3 heterocycles. The summed E-state index contributed by atoms with van der Waals surface area (Å²) in [6, 6.07) is 21.7. The van der Waals surface area contributed by atoms with Gasteiger partial charge in [-0.25, -0.2) is 4.99 Å². The zero-order valence-electron chi connectivity index (χ0n) is 21.3. The second-order valence-corrected chi connectivity index (χ2v) is 10.0. The molecular weight excluding hydrogens is 474 g/mol. The number of methoxy groups -OCH3 is 1. The molecule has 0 radical (unpaired) electrons. The Balaban J connectivity index is 1.44. The van der Waals surface area contributed by atoms with Crippen molar-refractivity contribution in [1.29, 1.82) is 0 Å². The Morgan fingerprint density at radius 3 is 2.68 bits per heavy atom. The summed E-state index contributed by atoms with van der Waals surface area (Å²) in [5.74, 6) is 1.36. The van der Waals surface area contributed by atoms with Gasteiger partial charge in [-0.2, -0.15) is 0 Å². The summed E-state index contributed by atoms with van der Waals surface area (Å²) in [6.07, 6.45) is 6.77. The molecule has 0 aliphatic carbocycles. The number of rotatable bonds is 1. The van der Waals surface area contributed by atoms with E-state index in [0.717, 1.165) is 65.1 Å². The standard InChI is InChI=1S/C32H29N3O3/c1-38-30-16-11-21-18-22(30)10-14-27-26-7-2-3-8-29(26)34-31(27)35-32(37)23-6-4-5-20(17-23)9-12-24-19-25(36)13-15-28(21)33-24/h2-8,11,13,15-18,24,27H,9-10,12,14,19H2,1H3,(H,34,35,37). The summed E-state index contributed by atoms with van der Waals surface area (Å²) in [6.45, 7) is 0. The molecule has 3 aromatic carbocycles. The van der Waals surface area contributed by atoms with E-state index in [2.05, 4.69) is 17.4 Å². The minimum absolute atomic E-state index is 0.0421. The molecule has 3 aliphatic heterocycles. The van der Waals surface area contributed by atoms with Gasteiger partial charge in [-0.3, -0.25) is 14.6 Å². The summed E-state index contributed by atoms with van der Waals surface area (Å²) < 4.78 is 5.70. The van der Waals surface area contributed by atoms with Crippen molar-refractivity contribution in [3.63, 3.8) is 0 Å². The first-order valence-electron chi connectivity index (χ1n) is 13.1. The minimum atomic E-state index is -0.165. The van der Waals surface area contributed by atoms with Gasteiger partial charge in [0.25, 0.3) is 5.91 Å². The zero-order valence-corrected chi connectivity index (χ0v) is 21.3. The van der Waals surface area contributed by atoms with Crippen LogP contribution in [0.4, 0.5) is 5.69 Å². The van der Waals surface area contributed by atoms with Crippen molar-refractivity contribution >= 4 is 28.9 Å². The summed E-state index contributed by atoms with van der Waals surface area (Å²) in [4.78, 5) is 35.7. The van der Waals surface area contributed by atoms with Crippen LogP contribution in [0.1, 0.15) is 57.8 Å². The number of nitrogens with zero attached hydrogens (tertiary/aromatic N) is 2. The molecule has 6 nitrogen and oxygen atoms in total. The number of benzene rings is 3. The fourth-order valence-electron chi connectivity index (χ4n) is 5.56. The van der Waals surface area contributed by atoms with Crippen molar-refractivity contribution in [2.75, 3.05) is 7.11 Å². The Morgan fingerprint density at radius 1 is 0.895 bits per heavy atom. The van der Waals surface area contributed by atoms with Gasteiger partial charge >= 0.3 is 0 Å². The number of amidine groups is 1. The van der Waals surface area contributed by atoms with E-state index in [-0.39, 0.29) is 23.7 Å². The average molecular weight is 504 g/mol. The molecule has 3 aliphatic rings. The van der Waals surface area contributed by atoms with E-state index in [0.29, 0.717) is 17.8 Å². The van der Waals surface area contributed by atoms with E-state index in [1.54, 1.807) is 13.2 Å². The molecule has 0 saturated carbocycles. The number of hydrogen-bond acceptors (Lipinski definition) is 5. The van der Waals surface area contributed by atoms with E-state index in [9.17, 15) is 9.59 Å². The van der Waals surface area contributed by atoms with Crippen LogP contribution in [-0.2, 0) is 17.6 Å². The van der Waals surface area contributed by atoms with Crippen LogP contribution < -0.4 is 10.1 Å². The lowest BCUT2D eigenvalue weighted by atomic mass is 9.91. The highest BCUT2D eigenvalue weighted by Gasteiger charge is 2.29. The number of ether oxygens (including phenoxy) is 1. The molecule has 1 N–H and O–H groups in total. The summed E-state index contributed by atoms with van der Waals surface area (Å²) in [5.41, 5.74) is 6.49. The molecule has 1 amide bonds. The van der Waals surface area contributed by atoms with Gasteiger partial charge < -0.3 is 10.1 Å². The van der Waals surface area contributed by atoms with Crippen LogP contribution in [0.25, 0.3) is 0 Å². The number of hydrogen-bond donors (Lipinski definition) is 1. The molecule has 2 unspecified atom stereocenters. The third-order valence-electron chi connectivity index (χ3n) is 7.54. The Labute approximate surface area is 222 Å². The van der Waals surface area contributed by atoms with Gasteiger partial charge in [0.1, 0.15) is 11.6 Å². The van der Waals surface area contributed by atoms with Gasteiger partial charge in [-0.15, -0.1) is 0 Å². The van der Waals surface area contributed by atoms with Crippen LogP contribution in [0.5, 0.6) is 5.75 Å². The topological polar surface area (TPSA) is 80.1 Å². The minimum Gasteiger partial charge on any atom is -0.496 e. The fraction of sp³-hybridized carbons (Fsp3) is 0.250. The van der Waals surface area contributed by atoms with Crippen LogP contribution in [0.2, 0.25) is 0 Å². The van der Waals surface area contributed by atoms with Gasteiger partial charge in [-0.1, -0.05) is 30.3 Å². The molecule has 0 saturated heterocycles. The second kappa shape index (κ2) is 10.2. The first-order valence-corrected chi connectivity index (χ1v) is 13.1. The normalized spacial score (nSPS) is 20.8. The number of amides is 1. The lowest BCUT2D eigenvalue weighted by Gasteiger charge is -2.17. The molecular formula is C32H29N3O3. The number of aliphatic imine (C=N–C) groups is 2. The van der Waals surface area contributed by atoms with Gasteiger partial charge in [0, 0.05) is 23.5 Å². The number of para-hydroxylation sites is 1. The second-order valence-electron chi connectivity index (χ2n) is 10.0. The molecule has 38 heavy (non-hydrogen) atoms. The Kier molecular flexibility index (Phi) is 6.46. The average Bonchev–Trinajstić information content (AvgIpc) is 3.16. The first kappa shape index (κ1) is 24.0. The van der Waals surface area contributed by atoms with Crippen LogP contribution >= 0.6 is 0 Å². The summed E-state index contributed by atoms with van der Waals surface area (Å²) in [7, 11) is 1.68. The molecule has 6 rings (SSSR count). The largest absolute Gasteiger partial charge is 0.496 e. The van der Waals surface area contributed by atoms with Gasteiger partial charge in [-0.05, 0) is 90.9 Å². The third-order valence-corrected chi connectivity index (χ3v) is 7.54. The quantitative estimate of drug-likeness (QED) is 0.475. The maximum atomic E-state index is 13.3. The molecule has 0 fully saturated rings. The Hall–Kier alpha value is -4.32. The highest BCUT2D eigenvalue weighted by atomic mass is 16.5. The zero-order chi connectivity index (χ0) is 26.1. The molecule has 2 atom stereocenters. The van der Waals surface area contributed by atoms with Crippen molar-refractivity contribution in [2.45, 2.75) is 44.1 Å². The number of nitrogens with one attached hydrogen (secondary N) is 1. The van der Waals surface area contributed by atoms with Crippen LogP contribution in [0, 0.1) is 0 Å². The lowest BCUT2D eigenvalue weighted by Crippen LogP contribution is -2.33. The van der Waals surface area contributed by atoms with Crippen molar-refractivity contribution in [3.05, 3.63) is 107 Å². The van der Waals surface area contributed by atoms with Gasteiger partial charge in [0.05, 0.1) is 24.6 Å². The predicted octanol–water partition coefficient (Wildman–Crippen LogP) is 5.52. The van der Waals surface area contributed by atoms with Crippen LogP contribution in [0.3, 0.4) is 0 Å².